The molecule has 0 heterocycles. The number of unbranched alkanes of at least 4 members (excludes halogenated alkanes) is 2. The molecule has 0 saturated heterocycles. The van der Waals surface area contributed by atoms with E-state index in [4.69, 9.17) is 34.8 Å². The van der Waals surface area contributed by atoms with Crippen LogP contribution in [0, 0.1) is 0 Å². The molecule has 1 rings (SSSR count). The van der Waals surface area contributed by atoms with Gasteiger partial charge < -0.3 is 0 Å². The van der Waals surface area contributed by atoms with Gasteiger partial charge in [0.2, 0.25) is 0 Å². The van der Waals surface area contributed by atoms with Gasteiger partial charge in [0.25, 0.3) is 5.24 Å². The molecule has 0 aliphatic heterocycles. The third kappa shape index (κ3) is 7.10. The second-order valence-corrected chi connectivity index (χ2v) is 4.28. The molecule has 0 N–H and O–H groups in total. The minimum atomic E-state index is -0.523. The number of hydrogen-bond acceptors (Lipinski definition) is 1. The Morgan fingerprint density at radius 2 is 1.88 bits per heavy atom. The lowest BCUT2D eigenvalue weighted by atomic mass is 10.2. The minimum Gasteiger partial charge on any atom is -0.276 e. The fourth-order valence-electron chi connectivity index (χ4n) is 0.965. The van der Waals surface area contributed by atoms with Crippen LogP contribution < -0.4 is 0 Å². The highest BCUT2D eigenvalue weighted by molar-refractivity contribution is 6.68. The third-order valence-corrected chi connectivity index (χ3v) is 2.62. The third-order valence-electron chi connectivity index (χ3n) is 1.82. The number of carbonyl (C=O) groups excluding carboxylic acids is 1. The van der Waals surface area contributed by atoms with E-state index >= 15 is 0 Å². The van der Waals surface area contributed by atoms with Crippen LogP contribution in [-0.2, 0) is 0 Å². The lowest BCUT2D eigenvalue weighted by Crippen LogP contribution is -1.87. The van der Waals surface area contributed by atoms with Crippen LogP contribution in [-0.4, -0.2) is 11.1 Å². The summed E-state index contributed by atoms with van der Waals surface area (Å²) in [5.74, 6) is 0.827. The summed E-state index contributed by atoms with van der Waals surface area (Å²) >= 11 is 16.2. The fraction of sp³-hybridized carbons (Fsp3) is 0.417. The van der Waals surface area contributed by atoms with E-state index in [1.807, 2.05) is 0 Å². The number of carbonyl (C=O) groups is 1. The van der Waals surface area contributed by atoms with Crippen LogP contribution in [0.4, 0.5) is 0 Å². The Hall–Kier alpha value is -0.240. The Bertz CT molecular complexity index is 309. The standard InChI is InChI=1S/C7H4Cl2O.C5H11Cl/c8-6-4-2-1-3-5(6)7(9)10;1-2-3-4-5-6/h1-4H;2-5H2,1H3. The zero-order valence-electron chi connectivity index (χ0n) is 9.18. The van der Waals surface area contributed by atoms with Gasteiger partial charge in [0, 0.05) is 5.88 Å². The van der Waals surface area contributed by atoms with Gasteiger partial charge in [-0.1, -0.05) is 43.5 Å². The van der Waals surface area contributed by atoms with Crippen molar-refractivity contribution in [1.29, 1.82) is 0 Å². The van der Waals surface area contributed by atoms with E-state index in [9.17, 15) is 4.79 Å². The van der Waals surface area contributed by atoms with Crippen LogP contribution in [0.3, 0.4) is 0 Å². The second kappa shape index (κ2) is 9.95. The molecule has 0 saturated carbocycles. The molecule has 0 spiro atoms. The SMILES string of the molecule is CCCCCCl.O=C(Cl)c1ccccc1Cl. The van der Waals surface area contributed by atoms with Crippen LogP contribution in [0.25, 0.3) is 0 Å². The number of halogens is 3. The summed E-state index contributed by atoms with van der Waals surface area (Å²) in [6, 6.07) is 6.65. The molecule has 90 valence electrons. The average Bonchev–Trinajstić information content (AvgIpc) is 2.27. The van der Waals surface area contributed by atoms with Crippen molar-refractivity contribution in [2.24, 2.45) is 0 Å². The van der Waals surface area contributed by atoms with E-state index in [0.717, 1.165) is 5.88 Å². The predicted octanol–water partition coefficient (Wildman–Crippen LogP) is 5.13. The van der Waals surface area contributed by atoms with E-state index in [0.29, 0.717) is 10.6 Å². The first-order chi connectivity index (χ1) is 7.63. The monoisotopic (exact) mass is 280 g/mol. The average molecular weight is 282 g/mol. The second-order valence-electron chi connectivity index (χ2n) is 3.15. The summed E-state index contributed by atoms with van der Waals surface area (Å²) in [5.41, 5.74) is 0.353. The van der Waals surface area contributed by atoms with E-state index < -0.39 is 5.24 Å². The Kier molecular flexibility index (Phi) is 9.80. The molecule has 0 aliphatic rings. The topological polar surface area (TPSA) is 17.1 Å². The predicted molar refractivity (Wildman–Crippen MR) is 71.9 cm³/mol. The molecule has 1 aromatic carbocycles. The van der Waals surface area contributed by atoms with Crippen molar-refractivity contribution in [1.82, 2.24) is 0 Å². The highest BCUT2D eigenvalue weighted by atomic mass is 35.5. The van der Waals surface area contributed by atoms with Crippen molar-refractivity contribution in [3.8, 4) is 0 Å². The highest BCUT2D eigenvalue weighted by Gasteiger charge is 2.03. The normalized spacial score (nSPS) is 9.25. The van der Waals surface area contributed by atoms with Crippen molar-refractivity contribution in [3.63, 3.8) is 0 Å². The smallest absolute Gasteiger partial charge is 0.253 e. The van der Waals surface area contributed by atoms with Gasteiger partial charge in [-0.05, 0) is 30.2 Å². The Labute approximate surface area is 112 Å². The van der Waals surface area contributed by atoms with Crippen LogP contribution >= 0.6 is 34.8 Å². The molecule has 4 heteroatoms. The lowest BCUT2D eigenvalue weighted by molar-refractivity contribution is 0.108. The molecule has 0 bridgehead atoms. The highest BCUT2D eigenvalue weighted by Crippen LogP contribution is 2.16. The molecule has 16 heavy (non-hydrogen) atoms. The summed E-state index contributed by atoms with van der Waals surface area (Å²) in [7, 11) is 0. The number of benzene rings is 1. The Morgan fingerprint density at radius 3 is 2.19 bits per heavy atom. The van der Waals surface area contributed by atoms with Crippen LogP contribution in [0.15, 0.2) is 24.3 Å². The minimum absolute atomic E-state index is 0.353. The molecular weight excluding hydrogens is 266 g/mol. The van der Waals surface area contributed by atoms with Crippen molar-refractivity contribution in [2.45, 2.75) is 26.2 Å². The Morgan fingerprint density at radius 1 is 1.25 bits per heavy atom. The maximum Gasteiger partial charge on any atom is 0.253 e. The Balaban J connectivity index is 0.000000325. The quantitative estimate of drug-likeness (QED) is 0.424. The molecule has 1 aromatic rings. The van der Waals surface area contributed by atoms with Gasteiger partial charge in [0.05, 0.1) is 10.6 Å². The van der Waals surface area contributed by atoms with Crippen molar-refractivity contribution >= 4 is 40.0 Å². The molecule has 0 radical (unpaired) electrons. The van der Waals surface area contributed by atoms with Gasteiger partial charge in [-0.25, -0.2) is 0 Å². The van der Waals surface area contributed by atoms with Gasteiger partial charge in [0.15, 0.2) is 0 Å². The number of alkyl halides is 1. The molecule has 0 fully saturated rings. The summed E-state index contributed by atoms with van der Waals surface area (Å²) in [6.07, 6.45) is 3.73. The van der Waals surface area contributed by atoms with E-state index in [1.165, 1.54) is 19.3 Å². The first-order valence-electron chi connectivity index (χ1n) is 5.13. The van der Waals surface area contributed by atoms with Gasteiger partial charge >= 0.3 is 0 Å². The van der Waals surface area contributed by atoms with Crippen LogP contribution in [0.1, 0.15) is 36.5 Å². The molecule has 0 atom stereocenters. The maximum atomic E-state index is 10.5. The van der Waals surface area contributed by atoms with Gasteiger partial charge in [-0.3, -0.25) is 4.79 Å². The number of rotatable bonds is 4. The van der Waals surface area contributed by atoms with Gasteiger partial charge in [-0.15, -0.1) is 11.6 Å². The molecular formula is C12H15Cl3O. The number of hydrogen-bond donors (Lipinski definition) is 0. The molecule has 0 aromatic heterocycles. The fourth-order valence-corrected chi connectivity index (χ4v) is 1.59. The zero-order valence-corrected chi connectivity index (χ0v) is 11.4. The maximum absolute atomic E-state index is 10.5. The molecule has 0 unspecified atom stereocenters. The summed E-state index contributed by atoms with van der Waals surface area (Å²) < 4.78 is 0. The largest absolute Gasteiger partial charge is 0.276 e. The van der Waals surface area contributed by atoms with Crippen LogP contribution in [0.2, 0.25) is 5.02 Å². The van der Waals surface area contributed by atoms with Crippen molar-refractivity contribution < 1.29 is 4.79 Å². The van der Waals surface area contributed by atoms with Crippen molar-refractivity contribution in [3.05, 3.63) is 34.9 Å². The van der Waals surface area contributed by atoms with Crippen LogP contribution in [0.5, 0.6) is 0 Å². The first kappa shape index (κ1) is 15.8. The zero-order chi connectivity index (χ0) is 12.4. The van der Waals surface area contributed by atoms with Crippen molar-refractivity contribution in [2.75, 3.05) is 5.88 Å². The van der Waals surface area contributed by atoms with Gasteiger partial charge in [0.1, 0.15) is 0 Å². The first-order valence-corrected chi connectivity index (χ1v) is 6.42. The summed E-state index contributed by atoms with van der Waals surface area (Å²) in [4.78, 5) is 10.5. The van der Waals surface area contributed by atoms with E-state index in [2.05, 4.69) is 6.92 Å². The lowest BCUT2D eigenvalue weighted by Gasteiger charge is -1.93. The summed E-state index contributed by atoms with van der Waals surface area (Å²) in [5, 5.41) is -0.131. The summed E-state index contributed by atoms with van der Waals surface area (Å²) in [6.45, 7) is 2.17. The van der Waals surface area contributed by atoms with Gasteiger partial charge in [-0.2, -0.15) is 0 Å². The van der Waals surface area contributed by atoms with E-state index in [-0.39, 0.29) is 0 Å². The molecule has 0 aliphatic carbocycles. The van der Waals surface area contributed by atoms with E-state index in [1.54, 1.807) is 24.3 Å². The molecule has 1 nitrogen and oxygen atoms in total. The molecule has 0 amide bonds.